The topological polar surface area (TPSA) is 60.2 Å². The monoisotopic (exact) mass is 273 g/mol. The summed E-state index contributed by atoms with van der Waals surface area (Å²) in [5.74, 6) is 0.194. The summed E-state index contributed by atoms with van der Waals surface area (Å²) < 4.78 is 5.47. The Hall–Kier alpha value is -1.71. The van der Waals surface area contributed by atoms with Crippen LogP contribution in [0.1, 0.15) is 54.9 Å². The molecule has 3 unspecified atom stereocenters. The molecule has 0 aromatic carbocycles. The zero-order chi connectivity index (χ0) is 14.7. The van der Waals surface area contributed by atoms with Gasteiger partial charge in [0, 0.05) is 5.92 Å². The molecule has 0 aliphatic heterocycles. The highest BCUT2D eigenvalue weighted by Gasteiger charge is 2.57. The van der Waals surface area contributed by atoms with Gasteiger partial charge in [0.2, 0.25) is 0 Å². The second-order valence-electron chi connectivity index (χ2n) is 6.54. The van der Waals surface area contributed by atoms with Gasteiger partial charge in [0.05, 0.1) is 17.2 Å². The SMILES string of the molecule is Cc1noc2c1C(=O)C1C(=O)C=CCC1(C)C2C(C)C. The minimum Gasteiger partial charge on any atom is -0.360 e. The van der Waals surface area contributed by atoms with Crippen LogP contribution in [0.25, 0.3) is 0 Å². The zero-order valence-corrected chi connectivity index (χ0v) is 12.3. The lowest BCUT2D eigenvalue weighted by Crippen LogP contribution is -2.49. The second kappa shape index (κ2) is 4.14. The number of fused-ring (bicyclic) bond motifs is 2. The summed E-state index contributed by atoms with van der Waals surface area (Å²) in [5.41, 5.74) is 0.727. The molecule has 0 amide bonds. The van der Waals surface area contributed by atoms with Crippen molar-refractivity contribution in [2.45, 2.75) is 40.0 Å². The van der Waals surface area contributed by atoms with Gasteiger partial charge in [-0.25, -0.2) is 0 Å². The van der Waals surface area contributed by atoms with Crippen LogP contribution in [0.3, 0.4) is 0 Å². The molecule has 1 aromatic rings. The first-order valence-electron chi connectivity index (χ1n) is 7.08. The number of aromatic nitrogens is 1. The number of rotatable bonds is 1. The smallest absolute Gasteiger partial charge is 0.179 e. The Morgan fingerprint density at radius 2 is 2.10 bits per heavy atom. The number of carbonyl (C=O) groups excluding carboxylic acids is 2. The summed E-state index contributed by atoms with van der Waals surface area (Å²) in [7, 11) is 0. The van der Waals surface area contributed by atoms with Gasteiger partial charge in [-0.15, -0.1) is 0 Å². The van der Waals surface area contributed by atoms with E-state index in [9.17, 15) is 9.59 Å². The number of hydrogen-bond donors (Lipinski definition) is 0. The highest BCUT2D eigenvalue weighted by atomic mass is 16.5. The fraction of sp³-hybridized carbons (Fsp3) is 0.562. The molecule has 20 heavy (non-hydrogen) atoms. The first-order valence-corrected chi connectivity index (χ1v) is 7.08. The van der Waals surface area contributed by atoms with Crippen LogP contribution in [0.4, 0.5) is 0 Å². The van der Waals surface area contributed by atoms with Gasteiger partial charge in [-0.3, -0.25) is 9.59 Å². The molecule has 0 saturated heterocycles. The summed E-state index contributed by atoms with van der Waals surface area (Å²) in [6.45, 7) is 8.01. The van der Waals surface area contributed by atoms with Crippen molar-refractivity contribution in [2.75, 3.05) is 0 Å². The Morgan fingerprint density at radius 1 is 1.40 bits per heavy atom. The lowest BCUT2D eigenvalue weighted by Gasteiger charge is -2.47. The second-order valence-corrected chi connectivity index (χ2v) is 6.54. The Kier molecular flexibility index (Phi) is 2.75. The van der Waals surface area contributed by atoms with E-state index in [1.54, 1.807) is 13.0 Å². The van der Waals surface area contributed by atoms with Gasteiger partial charge in [0.25, 0.3) is 0 Å². The van der Waals surface area contributed by atoms with Crippen LogP contribution >= 0.6 is 0 Å². The van der Waals surface area contributed by atoms with E-state index in [2.05, 4.69) is 19.0 Å². The number of aryl methyl sites for hydroxylation is 1. The van der Waals surface area contributed by atoms with Crippen LogP contribution in [-0.2, 0) is 4.79 Å². The van der Waals surface area contributed by atoms with Crippen molar-refractivity contribution < 1.29 is 14.1 Å². The van der Waals surface area contributed by atoms with Crippen molar-refractivity contribution in [2.24, 2.45) is 17.3 Å². The highest BCUT2D eigenvalue weighted by Crippen LogP contribution is 2.56. The molecule has 1 aromatic heterocycles. The largest absolute Gasteiger partial charge is 0.360 e. The average Bonchev–Trinajstić information content (AvgIpc) is 2.70. The van der Waals surface area contributed by atoms with Gasteiger partial charge in [-0.05, 0) is 30.8 Å². The fourth-order valence-electron chi connectivity index (χ4n) is 4.11. The summed E-state index contributed by atoms with van der Waals surface area (Å²) in [6.07, 6.45) is 4.16. The molecule has 0 radical (unpaired) electrons. The van der Waals surface area contributed by atoms with E-state index in [0.717, 1.165) is 6.42 Å². The number of carbonyl (C=O) groups is 2. The molecule has 106 valence electrons. The molecule has 2 aliphatic carbocycles. The third-order valence-corrected chi connectivity index (χ3v) is 4.84. The van der Waals surface area contributed by atoms with E-state index in [-0.39, 0.29) is 23.4 Å². The van der Waals surface area contributed by atoms with E-state index in [0.29, 0.717) is 17.0 Å². The van der Waals surface area contributed by atoms with Crippen LogP contribution in [0.5, 0.6) is 0 Å². The molecule has 0 saturated carbocycles. The fourth-order valence-corrected chi connectivity index (χ4v) is 4.11. The zero-order valence-electron chi connectivity index (χ0n) is 12.3. The molecule has 0 bridgehead atoms. The highest BCUT2D eigenvalue weighted by molar-refractivity contribution is 6.16. The molecule has 0 N–H and O–H groups in total. The van der Waals surface area contributed by atoms with E-state index in [1.165, 1.54) is 0 Å². The van der Waals surface area contributed by atoms with Gasteiger partial charge >= 0.3 is 0 Å². The van der Waals surface area contributed by atoms with Gasteiger partial charge in [0.15, 0.2) is 17.3 Å². The minimum atomic E-state index is -0.592. The molecule has 0 fully saturated rings. The maximum absolute atomic E-state index is 12.8. The lowest BCUT2D eigenvalue weighted by atomic mass is 9.53. The Labute approximate surface area is 118 Å². The summed E-state index contributed by atoms with van der Waals surface area (Å²) >= 11 is 0. The number of hydrogen-bond acceptors (Lipinski definition) is 4. The molecular weight excluding hydrogens is 254 g/mol. The van der Waals surface area contributed by atoms with Gasteiger partial charge in [0.1, 0.15) is 0 Å². The Balaban J connectivity index is 2.28. The maximum Gasteiger partial charge on any atom is 0.179 e. The van der Waals surface area contributed by atoms with Crippen LogP contribution in [0.2, 0.25) is 0 Å². The van der Waals surface area contributed by atoms with E-state index >= 15 is 0 Å². The number of Topliss-reactive ketones (excluding diaryl/α,β-unsaturated/α-hetero) is 1. The maximum atomic E-state index is 12.8. The van der Waals surface area contributed by atoms with Crippen LogP contribution < -0.4 is 0 Å². The van der Waals surface area contributed by atoms with Crippen LogP contribution in [0, 0.1) is 24.2 Å². The predicted octanol–water partition coefficient (Wildman–Crippen LogP) is 3.07. The van der Waals surface area contributed by atoms with Crippen LogP contribution in [0.15, 0.2) is 16.7 Å². The summed E-state index contributed by atoms with van der Waals surface area (Å²) in [4.78, 5) is 25.1. The van der Waals surface area contributed by atoms with Crippen molar-refractivity contribution in [1.29, 1.82) is 0 Å². The molecular formula is C16H19NO3. The van der Waals surface area contributed by atoms with E-state index in [1.807, 2.05) is 13.0 Å². The van der Waals surface area contributed by atoms with Gasteiger partial charge in [-0.2, -0.15) is 0 Å². The standard InChI is InChI=1S/C16H19NO3/c1-8(2)12-15-11(9(3)17-20-15)14(19)13-10(18)6-5-7-16(12,13)4/h5-6,8,12-13H,7H2,1-4H3. The first kappa shape index (κ1) is 13.3. The summed E-state index contributed by atoms with van der Waals surface area (Å²) in [6, 6.07) is 0. The Bertz CT molecular complexity index is 626. The Morgan fingerprint density at radius 3 is 2.75 bits per heavy atom. The molecule has 2 aliphatic rings. The molecule has 0 spiro atoms. The van der Waals surface area contributed by atoms with E-state index in [4.69, 9.17) is 4.52 Å². The average molecular weight is 273 g/mol. The van der Waals surface area contributed by atoms with Crippen molar-refractivity contribution in [1.82, 2.24) is 5.16 Å². The van der Waals surface area contributed by atoms with Gasteiger partial charge in [-0.1, -0.05) is 32.0 Å². The van der Waals surface area contributed by atoms with Gasteiger partial charge < -0.3 is 4.52 Å². The molecule has 4 nitrogen and oxygen atoms in total. The van der Waals surface area contributed by atoms with Crippen molar-refractivity contribution in [3.05, 3.63) is 29.2 Å². The van der Waals surface area contributed by atoms with Crippen molar-refractivity contribution >= 4 is 11.6 Å². The first-order chi connectivity index (χ1) is 9.38. The number of nitrogens with zero attached hydrogens (tertiary/aromatic N) is 1. The molecule has 3 rings (SSSR count). The number of ketones is 2. The molecule has 3 atom stereocenters. The quantitative estimate of drug-likeness (QED) is 0.738. The predicted molar refractivity (Wildman–Crippen MR) is 73.5 cm³/mol. The van der Waals surface area contributed by atoms with Crippen LogP contribution in [-0.4, -0.2) is 16.7 Å². The summed E-state index contributed by atoms with van der Waals surface area (Å²) in [5, 5.41) is 3.97. The molecule has 1 heterocycles. The lowest BCUT2D eigenvalue weighted by molar-refractivity contribution is -0.122. The van der Waals surface area contributed by atoms with Crippen molar-refractivity contribution in [3.8, 4) is 0 Å². The number of allylic oxidation sites excluding steroid dienone is 2. The third kappa shape index (κ3) is 1.51. The van der Waals surface area contributed by atoms with E-state index < -0.39 is 11.3 Å². The third-order valence-electron chi connectivity index (χ3n) is 4.84. The van der Waals surface area contributed by atoms with Crippen molar-refractivity contribution in [3.63, 3.8) is 0 Å². The minimum absolute atomic E-state index is 0.0373. The molecule has 4 heteroatoms. The normalized spacial score (nSPS) is 32.5.